The second-order valence-corrected chi connectivity index (χ2v) is 6.62. The summed E-state index contributed by atoms with van der Waals surface area (Å²) >= 11 is 3.40. The Hall–Kier alpha value is -1.11. The summed E-state index contributed by atoms with van der Waals surface area (Å²) in [5.41, 5.74) is 0.940. The van der Waals surface area contributed by atoms with Gasteiger partial charge in [-0.3, -0.25) is 9.59 Å². The zero-order valence-electron chi connectivity index (χ0n) is 13.3. The van der Waals surface area contributed by atoms with E-state index in [1.54, 1.807) is 0 Å². The molecular formula is C16H23BrClN3O2. The second kappa shape index (κ2) is 9.25. The Morgan fingerprint density at radius 2 is 2.04 bits per heavy atom. The molecule has 1 saturated heterocycles. The van der Waals surface area contributed by atoms with Crippen LogP contribution in [0.5, 0.6) is 0 Å². The number of halogens is 2. The average molecular weight is 405 g/mol. The molecule has 2 unspecified atom stereocenters. The van der Waals surface area contributed by atoms with E-state index in [1.165, 1.54) is 6.92 Å². The molecule has 1 aliphatic heterocycles. The number of benzene rings is 1. The third-order valence-corrected chi connectivity index (χ3v) is 4.28. The standard InChI is InChI=1S/C16H22BrN3O2.ClH/c1-11-10-20(8-7-18-11)16(22)9-15(19-12(2)21)13-3-5-14(17)6-4-13;/h3-6,11,15,18H,7-10H2,1-2H3,(H,19,21);1H. The van der Waals surface area contributed by atoms with Gasteiger partial charge < -0.3 is 15.5 Å². The number of rotatable bonds is 4. The first kappa shape index (κ1) is 19.9. The van der Waals surface area contributed by atoms with Gasteiger partial charge in [0.05, 0.1) is 12.5 Å². The lowest BCUT2D eigenvalue weighted by Gasteiger charge is -2.33. The highest BCUT2D eigenvalue weighted by Gasteiger charge is 2.24. The number of hydrogen-bond acceptors (Lipinski definition) is 3. The number of amides is 2. The van der Waals surface area contributed by atoms with E-state index in [9.17, 15) is 9.59 Å². The molecule has 23 heavy (non-hydrogen) atoms. The lowest BCUT2D eigenvalue weighted by molar-refractivity contribution is -0.133. The Labute approximate surface area is 151 Å². The summed E-state index contributed by atoms with van der Waals surface area (Å²) in [6, 6.07) is 7.72. The first-order valence-electron chi connectivity index (χ1n) is 7.49. The molecule has 0 spiro atoms. The highest BCUT2D eigenvalue weighted by Crippen LogP contribution is 2.21. The molecule has 5 nitrogen and oxygen atoms in total. The van der Waals surface area contributed by atoms with Crippen LogP contribution >= 0.6 is 28.3 Å². The predicted octanol–water partition coefficient (Wildman–Crippen LogP) is 2.26. The molecule has 0 radical (unpaired) electrons. The van der Waals surface area contributed by atoms with Gasteiger partial charge in [0.2, 0.25) is 11.8 Å². The van der Waals surface area contributed by atoms with Crippen LogP contribution in [-0.4, -0.2) is 42.4 Å². The van der Waals surface area contributed by atoms with E-state index in [1.807, 2.05) is 29.2 Å². The Morgan fingerprint density at radius 1 is 1.39 bits per heavy atom. The Morgan fingerprint density at radius 3 is 2.61 bits per heavy atom. The van der Waals surface area contributed by atoms with Crippen LogP contribution in [-0.2, 0) is 9.59 Å². The Balaban J connectivity index is 0.00000264. The van der Waals surface area contributed by atoms with Crippen LogP contribution in [0.25, 0.3) is 0 Å². The van der Waals surface area contributed by atoms with Crippen LogP contribution in [0, 0.1) is 0 Å². The number of nitrogens with zero attached hydrogens (tertiary/aromatic N) is 1. The molecular weight excluding hydrogens is 382 g/mol. The summed E-state index contributed by atoms with van der Waals surface area (Å²) in [7, 11) is 0. The van der Waals surface area contributed by atoms with Crippen molar-refractivity contribution in [3.8, 4) is 0 Å². The van der Waals surface area contributed by atoms with Gasteiger partial charge in [0, 0.05) is 37.1 Å². The fraction of sp³-hybridized carbons (Fsp3) is 0.500. The molecule has 0 aromatic heterocycles. The smallest absolute Gasteiger partial charge is 0.225 e. The molecule has 1 aromatic carbocycles. The molecule has 7 heteroatoms. The maximum absolute atomic E-state index is 12.5. The molecule has 1 aliphatic rings. The highest BCUT2D eigenvalue weighted by molar-refractivity contribution is 9.10. The Bertz CT molecular complexity index is 539. The largest absolute Gasteiger partial charge is 0.349 e. The third kappa shape index (κ3) is 6.12. The minimum atomic E-state index is -0.289. The maximum Gasteiger partial charge on any atom is 0.225 e. The van der Waals surface area contributed by atoms with Gasteiger partial charge in [0.15, 0.2) is 0 Å². The first-order valence-corrected chi connectivity index (χ1v) is 8.28. The van der Waals surface area contributed by atoms with Gasteiger partial charge in [-0.1, -0.05) is 28.1 Å². The van der Waals surface area contributed by atoms with E-state index in [4.69, 9.17) is 0 Å². The van der Waals surface area contributed by atoms with Gasteiger partial charge >= 0.3 is 0 Å². The van der Waals surface area contributed by atoms with Crippen molar-refractivity contribution in [3.63, 3.8) is 0 Å². The lowest BCUT2D eigenvalue weighted by Crippen LogP contribution is -2.51. The van der Waals surface area contributed by atoms with E-state index in [0.29, 0.717) is 12.6 Å². The quantitative estimate of drug-likeness (QED) is 0.809. The van der Waals surface area contributed by atoms with E-state index in [2.05, 4.69) is 33.5 Å². The molecule has 0 aliphatic carbocycles. The zero-order valence-corrected chi connectivity index (χ0v) is 15.7. The normalized spacial score (nSPS) is 18.7. The van der Waals surface area contributed by atoms with E-state index in [0.717, 1.165) is 23.1 Å². The molecule has 2 amide bonds. The number of carbonyl (C=O) groups is 2. The van der Waals surface area contributed by atoms with E-state index < -0.39 is 0 Å². The van der Waals surface area contributed by atoms with Crippen molar-refractivity contribution in [3.05, 3.63) is 34.3 Å². The predicted molar refractivity (Wildman–Crippen MR) is 96.6 cm³/mol. The summed E-state index contributed by atoms with van der Waals surface area (Å²) < 4.78 is 0.972. The summed E-state index contributed by atoms with van der Waals surface area (Å²) in [6.07, 6.45) is 0.286. The summed E-state index contributed by atoms with van der Waals surface area (Å²) in [5.74, 6) is -0.0515. The summed E-state index contributed by atoms with van der Waals surface area (Å²) in [4.78, 5) is 25.8. The highest BCUT2D eigenvalue weighted by atomic mass is 79.9. The van der Waals surface area contributed by atoms with Crippen molar-refractivity contribution in [2.24, 2.45) is 0 Å². The van der Waals surface area contributed by atoms with Gasteiger partial charge in [-0.15, -0.1) is 12.4 Å². The van der Waals surface area contributed by atoms with Crippen molar-refractivity contribution in [2.45, 2.75) is 32.4 Å². The topological polar surface area (TPSA) is 61.4 Å². The van der Waals surface area contributed by atoms with Gasteiger partial charge in [0.1, 0.15) is 0 Å². The van der Waals surface area contributed by atoms with E-state index >= 15 is 0 Å². The van der Waals surface area contributed by atoms with Crippen LogP contribution in [0.1, 0.15) is 31.9 Å². The lowest BCUT2D eigenvalue weighted by atomic mass is 10.0. The average Bonchev–Trinajstić information content (AvgIpc) is 2.47. The van der Waals surface area contributed by atoms with Gasteiger partial charge in [-0.25, -0.2) is 0 Å². The SMILES string of the molecule is CC(=O)NC(CC(=O)N1CCNC(C)C1)c1ccc(Br)cc1.Cl. The van der Waals surface area contributed by atoms with Crippen LogP contribution in [0.15, 0.2) is 28.7 Å². The van der Waals surface area contributed by atoms with Crippen molar-refractivity contribution < 1.29 is 9.59 Å². The molecule has 0 bridgehead atoms. The van der Waals surface area contributed by atoms with Gasteiger partial charge in [0.25, 0.3) is 0 Å². The minimum Gasteiger partial charge on any atom is -0.349 e. The number of piperazine rings is 1. The van der Waals surface area contributed by atoms with Crippen molar-refractivity contribution in [2.75, 3.05) is 19.6 Å². The molecule has 128 valence electrons. The maximum atomic E-state index is 12.5. The minimum absolute atomic E-state index is 0. The van der Waals surface area contributed by atoms with Crippen molar-refractivity contribution in [1.82, 2.24) is 15.5 Å². The fourth-order valence-corrected chi connectivity index (χ4v) is 2.92. The zero-order chi connectivity index (χ0) is 16.1. The van der Waals surface area contributed by atoms with Crippen molar-refractivity contribution in [1.29, 1.82) is 0 Å². The Kier molecular flexibility index (Phi) is 8.02. The molecule has 1 fully saturated rings. The number of nitrogens with one attached hydrogen (secondary N) is 2. The van der Waals surface area contributed by atoms with Crippen LogP contribution in [0.2, 0.25) is 0 Å². The summed E-state index contributed by atoms with van der Waals surface area (Å²) in [6.45, 7) is 5.79. The molecule has 1 heterocycles. The molecule has 1 aromatic rings. The second-order valence-electron chi connectivity index (χ2n) is 5.70. The third-order valence-electron chi connectivity index (χ3n) is 3.75. The van der Waals surface area contributed by atoms with E-state index in [-0.39, 0.29) is 36.7 Å². The molecule has 2 N–H and O–H groups in total. The van der Waals surface area contributed by atoms with Crippen LogP contribution in [0.4, 0.5) is 0 Å². The molecule has 2 atom stereocenters. The first-order chi connectivity index (χ1) is 10.5. The fourth-order valence-electron chi connectivity index (χ4n) is 2.66. The monoisotopic (exact) mass is 403 g/mol. The van der Waals surface area contributed by atoms with Crippen molar-refractivity contribution >= 4 is 40.2 Å². The number of hydrogen-bond donors (Lipinski definition) is 2. The summed E-state index contributed by atoms with van der Waals surface area (Å²) in [5, 5.41) is 6.20. The molecule has 2 rings (SSSR count). The van der Waals surface area contributed by atoms with Crippen LogP contribution in [0.3, 0.4) is 0 Å². The van der Waals surface area contributed by atoms with Gasteiger partial charge in [-0.05, 0) is 24.6 Å². The van der Waals surface area contributed by atoms with Gasteiger partial charge in [-0.2, -0.15) is 0 Å². The molecule has 0 saturated carbocycles. The van der Waals surface area contributed by atoms with Crippen LogP contribution < -0.4 is 10.6 Å². The number of carbonyl (C=O) groups excluding carboxylic acids is 2.